The molecule has 0 aliphatic rings. The molecular weight excluding hydrogens is 334 g/mol. The number of furan rings is 1. The quantitative estimate of drug-likeness (QED) is 0.735. The fraction of sp³-hybridized carbons (Fsp3) is 0.500. The number of rotatable bonds is 8. The molecule has 0 spiro atoms. The van der Waals surface area contributed by atoms with E-state index in [0.29, 0.717) is 18.6 Å². The third kappa shape index (κ3) is 3.69. The first-order valence-electron chi connectivity index (χ1n) is 8.87. The molecule has 1 aromatic carbocycles. The van der Waals surface area contributed by atoms with E-state index in [4.69, 9.17) is 9.15 Å². The Morgan fingerprint density at radius 1 is 1.31 bits per heavy atom. The Balaban J connectivity index is 2.20. The van der Waals surface area contributed by atoms with Crippen LogP contribution in [0.5, 0.6) is 5.75 Å². The Morgan fingerprint density at radius 3 is 2.50 bits per heavy atom. The minimum Gasteiger partial charge on any atom is -0.497 e. The van der Waals surface area contributed by atoms with Gasteiger partial charge in [0.15, 0.2) is 0 Å². The van der Waals surface area contributed by atoms with Gasteiger partial charge in [0.2, 0.25) is 5.91 Å². The third-order valence-electron chi connectivity index (χ3n) is 5.26. The molecule has 1 atom stereocenters. The topological polar surface area (TPSA) is 88.8 Å². The van der Waals surface area contributed by atoms with Gasteiger partial charge in [-0.05, 0) is 44.9 Å². The van der Waals surface area contributed by atoms with E-state index in [1.54, 1.807) is 21.0 Å². The van der Waals surface area contributed by atoms with Crippen molar-refractivity contribution >= 4 is 22.8 Å². The minimum atomic E-state index is -1.03. The highest BCUT2D eigenvalue weighted by atomic mass is 16.5. The van der Waals surface area contributed by atoms with Crippen LogP contribution in [-0.4, -0.2) is 24.1 Å². The maximum Gasteiger partial charge on any atom is 0.310 e. The average Bonchev–Trinajstić information content (AvgIpc) is 2.95. The third-order valence-corrected chi connectivity index (χ3v) is 5.26. The summed E-state index contributed by atoms with van der Waals surface area (Å²) in [5, 5.41) is 13.3. The van der Waals surface area contributed by atoms with Crippen LogP contribution in [0.1, 0.15) is 57.4 Å². The van der Waals surface area contributed by atoms with E-state index in [1.165, 1.54) is 0 Å². The standard InChI is InChI=1S/C20H27NO5/c1-6-20(7-2,19(23)24)11-17(22)21-13(4)18-12(3)15-10-14(25-5)8-9-16(15)26-18/h8-10,13H,6-7,11H2,1-5H3,(H,21,22)(H,23,24). The van der Waals surface area contributed by atoms with Gasteiger partial charge < -0.3 is 19.6 Å². The Bertz CT molecular complexity index is 804. The first-order chi connectivity index (χ1) is 12.3. The fourth-order valence-corrected chi connectivity index (χ4v) is 3.30. The molecule has 0 bridgehead atoms. The molecule has 6 nitrogen and oxygen atoms in total. The van der Waals surface area contributed by atoms with Gasteiger partial charge in [-0.25, -0.2) is 0 Å². The molecule has 0 radical (unpaired) electrons. The molecule has 1 amide bonds. The zero-order valence-corrected chi connectivity index (χ0v) is 16.0. The summed E-state index contributed by atoms with van der Waals surface area (Å²) in [6.07, 6.45) is 0.765. The van der Waals surface area contributed by atoms with Crippen LogP contribution in [0.2, 0.25) is 0 Å². The van der Waals surface area contributed by atoms with Crippen molar-refractivity contribution in [2.75, 3.05) is 7.11 Å². The number of hydrogen-bond donors (Lipinski definition) is 2. The molecule has 1 heterocycles. The molecule has 0 saturated carbocycles. The summed E-state index contributed by atoms with van der Waals surface area (Å²) in [4.78, 5) is 24.1. The zero-order chi connectivity index (χ0) is 19.5. The van der Waals surface area contributed by atoms with Gasteiger partial charge >= 0.3 is 5.97 Å². The number of ether oxygens (including phenoxy) is 1. The van der Waals surface area contributed by atoms with Gasteiger partial charge in [0.25, 0.3) is 0 Å². The minimum absolute atomic E-state index is 0.0488. The van der Waals surface area contributed by atoms with Crippen LogP contribution in [-0.2, 0) is 9.59 Å². The predicted molar refractivity (Wildman–Crippen MR) is 99.3 cm³/mol. The second-order valence-electron chi connectivity index (χ2n) is 6.71. The summed E-state index contributed by atoms with van der Waals surface area (Å²) >= 11 is 0. The summed E-state index contributed by atoms with van der Waals surface area (Å²) in [6.45, 7) is 7.36. The first-order valence-corrected chi connectivity index (χ1v) is 8.87. The molecule has 26 heavy (non-hydrogen) atoms. The van der Waals surface area contributed by atoms with Crippen molar-refractivity contribution in [2.45, 2.75) is 53.0 Å². The zero-order valence-electron chi connectivity index (χ0n) is 16.0. The van der Waals surface area contributed by atoms with E-state index in [9.17, 15) is 14.7 Å². The molecular formula is C20H27NO5. The summed E-state index contributed by atoms with van der Waals surface area (Å²) in [6, 6.07) is 5.20. The van der Waals surface area contributed by atoms with Crippen molar-refractivity contribution in [2.24, 2.45) is 5.41 Å². The molecule has 1 unspecified atom stereocenters. The summed E-state index contributed by atoms with van der Waals surface area (Å²) in [5.74, 6) is 0.177. The van der Waals surface area contributed by atoms with Gasteiger partial charge in [-0.1, -0.05) is 13.8 Å². The highest BCUT2D eigenvalue weighted by Gasteiger charge is 2.37. The molecule has 2 aromatic rings. The van der Waals surface area contributed by atoms with E-state index in [1.807, 2.05) is 32.0 Å². The number of methoxy groups -OCH3 is 1. The lowest BCUT2D eigenvalue weighted by Crippen LogP contribution is -2.37. The molecule has 6 heteroatoms. The smallest absolute Gasteiger partial charge is 0.310 e. The Morgan fingerprint density at radius 2 is 1.96 bits per heavy atom. The number of carboxylic acids is 1. The molecule has 142 valence electrons. The highest BCUT2D eigenvalue weighted by Crippen LogP contribution is 2.33. The van der Waals surface area contributed by atoms with Crippen LogP contribution in [0.4, 0.5) is 0 Å². The van der Waals surface area contributed by atoms with E-state index in [-0.39, 0.29) is 18.4 Å². The predicted octanol–water partition coefficient (Wildman–Crippen LogP) is 4.21. The van der Waals surface area contributed by atoms with E-state index < -0.39 is 11.4 Å². The van der Waals surface area contributed by atoms with Crippen molar-refractivity contribution in [3.63, 3.8) is 0 Å². The number of carbonyl (C=O) groups excluding carboxylic acids is 1. The van der Waals surface area contributed by atoms with Crippen LogP contribution < -0.4 is 10.1 Å². The number of carboxylic acid groups (broad SMARTS) is 1. The maximum absolute atomic E-state index is 12.5. The largest absolute Gasteiger partial charge is 0.497 e. The van der Waals surface area contributed by atoms with Gasteiger partial charge in [-0.2, -0.15) is 0 Å². The Kier molecular flexibility index (Phi) is 5.95. The lowest BCUT2D eigenvalue weighted by atomic mass is 9.79. The number of aliphatic carboxylic acids is 1. The lowest BCUT2D eigenvalue weighted by Gasteiger charge is -2.26. The van der Waals surface area contributed by atoms with Gasteiger partial charge in [0, 0.05) is 17.4 Å². The molecule has 0 fully saturated rings. The van der Waals surface area contributed by atoms with Crippen molar-refractivity contribution < 1.29 is 23.8 Å². The second-order valence-corrected chi connectivity index (χ2v) is 6.71. The van der Waals surface area contributed by atoms with Gasteiger partial charge in [0.05, 0.1) is 18.6 Å². The van der Waals surface area contributed by atoms with E-state index in [2.05, 4.69) is 5.32 Å². The van der Waals surface area contributed by atoms with Crippen molar-refractivity contribution in [1.29, 1.82) is 0 Å². The number of nitrogens with one attached hydrogen (secondary N) is 1. The molecule has 2 N–H and O–H groups in total. The lowest BCUT2D eigenvalue weighted by molar-refractivity contribution is -0.152. The van der Waals surface area contributed by atoms with Crippen LogP contribution in [0, 0.1) is 12.3 Å². The number of fused-ring (bicyclic) bond motifs is 1. The fourth-order valence-electron chi connectivity index (χ4n) is 3.30. The molecule has 0 saturated heterocycles. The number of amides is 1. The number of aryl methyl sites for hydroxylation is 1. The van der Waals surface area contributed by atoms with E-state index >= 15 is 0 Å². The van der Waals surface area contributed by atoms with Crippen LogP contribution in [0.25, 0.3) is 11.0 Å². The van der Waals surface area contributed by atoms with Crippen LogP contribution >= 0.6 is 0 Å². The van der Waals surface area contributed by atoms with Gasteiger partial charge in [0.1, 0.15) is 17.1 Å². The van der Waals surface area contributed by atoms with Crippen molar-refractivity contribution in [3.05, 3.63) is 29.5 Å². The summed E-state index contributed by atoms with van der Waals surface area (Å²) in [5.41, 5.74) is 0.628. The monoisotopic (exact) mass is 361 g/mol. The summed E-state index contributed by atoms with van der Waals surface area (Å²) < 4.78 is 11.2. The average molecular weight is 361 g/mol. The van der Waals surface area contributed by atoms with Gasteiger partial charge in [-0.15, -0.1) is 0 Å². The van der Waals surface area contributed by atoms with Crippen molar-refractivity contribution in [3.8, 4) is 5.75 Å². The first kappa shape index (κ1) is 19.8. The number of carbonyl (C=O) groups is 2. The van der Waals surface area contributed by atoms with Gasteiger partial charge in [-0.3, -0.25) is 9.59 Å². The van der Waals surface area contributed by atoms with Crippen molar-refractivity contribution in [1.82, 2.24) is 5.32 Å². The molecule has 2 rings (SSSR count). The number of hydrogen-bond acceptors (Lipinski definition) is 4. The molecule has 0 aliphatic carbocycles. The molecule has 1 aromatic heterocycles. The highest BCUT2D eigenvalue weighted by molar-refractivity contribution is 5.86. The molecule has 0 aliphatic heterocycles. The van der Waals surface area contributed by atoms with E-state index in [0.717, 1.165) is 22.3 Å². The normalized spacial score (nSPS) is 12.8. The summed E-state index contributed by atoms with van der Waals surface area (Å²) in [7, 11) is 1.61. The Labute approximate surface area is 153 Å². The van der Waals surface area contributed by atoms with Crippen LogP contribution in [0.15, 0.2) is 22.6 Å². The Hall–Kier alpha value is -2.50. The number of benzene rings is 1. The maximum atomic E-state index is 12.5. The SMILES string of the molecule is CCC(CC)(CC(=O)NC(C)c1oc2ccc(OC)cc2c1C)C(=O)O. The van der Waals surface area contributed by atoms with Crippen LogP contribution in [0.3, 0.4) is 0 Å². The second kappa shape index (κ2) is 7.81.